The van der Waals surface area contributed by atoms with E-state index >= 15 is 0 Å². The van der Waals surface area contributed by atoms with Crippen LogP contribution in [0, 0.1) is 0 Å². The molecule has 0 radical (unpaired) electrons. The van der Waals surface area contributed by atoms with Crippen LogP contribution < -0.4 is 21.3 Å². The van der Waals surface area contributed by atoms with Gasteiger partial charge in [0.25, 0.3) is 0 Å². The molecule has 202 valence electrons. The van der Waals surface area contributed by atoms with Crippen molar-refractivity contribution < 1.29 is 19.2 Å². The molecule has 2 aliphatic heterocycles. The topological polar surface area (TPSA) is 120 Å². The van der Waals surface area contributed by atoms with E-state index in [2.05, 4.69) is 21.3 Å². The number of hydrogen-bond donors (Lipinski definition) is 4. The smallest absolute Gasteiger partial charge is 0.247 e. The Morgan fingerprint density at radius 1 is 0.974 bits per heavy atom. The first-order chi connectivity index (χ1) is 18.2. The van der Waals surface area contributed by atoms with Crippen molar-refractivity contribution in [3.05, 3.63) is 66.2 Å². The van der Waals surface area contributed by atoms with Crippen molar-refractivity contribution in [2.75, 3.05) is 18.4 Å². The number of hydrogen-bond acceptors (Lipinski definition) is 5. The number of carbonyl (C=O) groups excluding carboxylic acids is 4. The van der Waals surface area contributed by atoms with Crippen LogP contribution in [0.1, 0.15) is 45.1 Å². The van der Waals surface area contributed by atoms with Crippen molar-refractivity contribution in [3.63, 3.8) is 0 Å². The second-order valence-corrected chi connectivity index (χ2v) is 10.5. The number of amides is 4. The van der Waals surface area contributed by atoms with Gasteiger partial charge in [0.2, 0.25) is 23.6 Å². The Morgan fingerprint density at radius 3 is 2.32 bits per heavy atom. The summed E-state index contributed by atoms with van der Waals surface area (Å²) in [7, 11) is 0. The summed E-state index contributed by atoms with van der Waals surface area (Å²) in [5.74, 6) is -1.25. The molecule has 0 aromatic heterocycles. The minimum atomic E-state index is -1.30. The highest BCUT2D eigenvalue weighted by Gasteiger charge is 2.41. The summed E-state index contributed by atoms with van der Waals surface area (Å²) in [5, 5.41) is 11.7. The van der Waals surface area contributed by atoms with Crippen molar-refractivity contribution in [2.45, 2.75) is 69.6 Å². The molecule has 2 fully saturated rings. The number of benzene rings is 2. The number of nitrogens with one attached hydrogen (secondary N) is 4. The molecule has 0 bridgehead atoms. The lowest BCUT2D eigenvalue weighted by molar-refractivity contribution is -0.141. The average molecular weight is 520 g/mol. The Morgan fingerprint density at radius 2 is 1.66 bits per heavy atom. The standard InChI is InChI=1S/C29H37N5O4/c1-29(2,33-26(36)24-16-10-18-34(24)27(37)22-15-9-17-30-22)28(38)32-23(19-20-11-5-3-6-12-20)25(35)31-21-13-7-4-8-14-21/h3-8,11-14,22-24,30H,9-10,15-19H2,1-2H3,(H,31,35)(H,32,38)(H,33,36)/t22-,23-,24+/m0/s1. The molecule has 4 N–H and O–H groups in total. The zero-order chi connectivity index (χ0) is 27.1. The molecule has 2 aromatic carbocycles. The van der Waals surface area contributed by atoms with Crippen LogP contribution in [0.2, 0.25) is 0 Å². The molecule has 2 aromatic rings. The summed E-state index contributed by atoms with van der Waals surface area (Å²) in [6.07, 6.45) is 3.29. The highest BCUT2D eigenvalue weighted by molar-refractivity contribution is 6.00. The second kappa shape index (κ2) is 12.2. The Hall–Kier alpha value is -3.72. The number of nitrogens with zero attached hydrogens (tertiary/aromatic N) is 1. The number of carbonyl (C=O) groups is 4. The predicted molar refractivity (Wildman–Crippen MR) is 145 cm³/mol. The van der Waals surface area contributed by atoms with Crippen LogP contribution >= 0.6 is 0 Å². The maximum atomic E-state index is 13.4. The zero-order valence-electron chi connectivity index (χ0n) is 22.0. The molecular formula is C29H37N5O4. The minimum Gasteiger partial charge on any atom is -0.342 e. The van der Waals surface area contributed by atoms with Crippen molar-refractivity contribution in [2.24, 2.45) is 0 Å². The summed E-state index contributed by atoms with van der Waals surface area (Å²) >= 11 is 0. The lowest BCUT2D eigenvalue weighted by Crippen LogP contribution is -2.61. The number of anilines is 1. The molecule has 2 saturated heterocycles. The predicted octanol–water partition coefficient (Wildman–Crippen LogP) is 1.99. The molecule has 0 aliphatic carbocycles. The summed E-state index contributed by atoms with van der Waals surface area (Å²) < 4.78 is 0. The molecule has 4 rings (SSSR count). The van der Waals surface area contributed by atoms with Gasteiger partial charge in [-0.15, -0.1) is 0 Å². The van der Waals surface area contributed by atoms with Gasteiger partial charge in [0, 0.05) is 18.7 Å². The average Bonchev–Trinajstić information content (AvgIpc) is 3.62. The number of rotatable bonds is 9. The van der Waals surface area contributed by atoms with E-state index in [1.54, 1.807) is 30.9 Å². The van der Waals surface area contributed by atoms with Gasteiger partial charge in [0.05, 0.1) is 6.04 Å². The fourth-order valence-electron chi connectivity index (χ4n) is 5.00. The van der Waals surface area contributed by atoms with Gasteiger partial charge >= 0.3 is 0 Å². The highest BCUT2D eigenvalue weighted by Crippen LogP contribution is 2.22. The molecule has 0 unspecified atom stereocenters. The van der Waals surface area contributed by atoms with E-state index in [1.165, 1.54) is 0 Å². The first kappa shape index (κ1) is 27.3. The Bertz CT molecular complexity index is 1130. The van der Waals surface area contributed by atoms with E-state index in [9.17, 15) is 19.2 Å². The lowest BCUT2D eigenvalue weighted by atomic mass is 10.00. The third kappa shape index (κ3) is 6.77. The van der Waals surface area contributed by atoms with Gasteiger partial charge in [-0.05, 0) is 63.8 Å². The summed E-state index contributed by atoms with van der Waals surface area (Å²) in [6, 6.07) is 16.8. The molecule has 3 atom stereocenters. The highest BCUT2D eigenvalue weighted by atomic mass is 16.2. The van der Waals surface area contributed by atoms with Gasteiger partial charge < -0.3 is 26.2 Å². The largest absolute Gasteiger partial charge is 0.342 e. The number of para-hydroxylation sites is 1. The maximum Gasteiger partial charge on any atom is 0.247 e. The number of likely N-dealkylation sites (tertiary alicyclic amines) is 1. The van der Waals surface area contributed by atoms with E-state index in [0.717, 1.165) is 31.4 Å². The lowest BCUT2D eigenvalue weighted by Gasteiger charge is -2.32. The van der Waals surface area contributed by atoms with Crippen LogP contribution in [0.4, 0.5) is 5.69 Å². The van der Waals surface area contributed by atoms with Gasteiger partial charge in [-0.1, -0.05) is 48.5 Å². The van der Waals surface area contributed by atoms with Gasteiger partial charge in [-0.25, -0.2) is 0 Å². The maximum absolute atomic E-state index is 13.4. The molecule has 9 heteroatoms. The van der Waals surface area contributed by atoms with Crippen LogP contribution in [0.3, 0.4) is 0 Å². The van der Waals surface area contributed by atoms with Crippen LogP contribution in [-0.2, 0) is 25.6 Å². The van der Waals surface area contributed by atoms with E-state index in [4.69, 9.17) is 0 Å². The molecule has 0 saturated carbocycles. The van der Waals surface area contributed by atoms with Gasteiger partial charge in [0.15, 0.2) is 0 Å². The monoisotopic (exact) mass is 519 g/mol. The van der Waals surface area contributed by atoms with E-state index in [1.807, 2.05) is 48.5 Å². The molecular weight excluding hydrogens is 482 g/mol. The molecule has 0 spiro atoms. The fourth-order valence-corrected chi connectivity index (χ4v) is 5.00. The van der Waals surface area contributed by atoms with Crippen LogP contribution in [0.5, 0.6) is 0 Å². The molecule has 2 heterocycles. The molecule has 2 aliphatic rings. The van der Waals surface area contributed by atoms with Crippen LogP contribution in [-0.4, -0.2) is 65.3 Å². The van der Waals surface area contributed by atoms with Gasteiger partial charge in [-0.2, -0.15) is 0 Å². The first-order valence-electron chi connectivity index (χ1n) is 13.3. The van der Waals surface area contributed by atoms with E-state index in [-0.39, 0.29) is 30.2 Å². The summed E-state index contributed by atoms with van der Waals surface area (Å²) in [5.41, 5.74) is 0.214. The Balaban J connectivity index is 1.43. The Kier molecular flexibility index (Phi) is 8.78. The van der Waals surface area contributed by atoms with Gasteiger partial charge in [-0.3, -0.25) is 19.2 Å². The van der Waals surface area contributed by atoms with E-state index in [0.29, 0.717) is 18.7 Å². The van der Waals surface area contributed by atoms with Crippen molar-refractivity contribution in [3.8, 4) is 0 Å². The normalized spacial score (nSPS) is 20.0. The van der Waals surface area contributed by atoms with Crippen LogP contribution in [0.25, 0.3) is 0 Å². The van der Waals surface area contributed by atoms with Crippen LogP contribution in [0.15, 0.2) is 60.7 Å². The zero-order valence-corrected chi connectivity index (χ0v) is 22.0. The SMILES string of the molecule is CC(C)(NC(=O)[C@H]1CCCN1C(=O)[C@@H]1CCCN1)C(=O)N[C@@H](Cc1ccccc1)C(=O)Nc1ccccc1. The quantitative estimate of drug-likeness (QED) is 0.404. The summed E-state index contributed by atoms with van der Waals surface area (Å²) in [6.45, 7) is 4.54. The Labute approximate surface area is 223 Å². The molecule has 4 amide bonds. The summed E-state index contributed by atoms with van der Waals surface area (Å²) in [4.78, 5) is 54.5. The van der Waals surface area contributed by atoms with E-state index < -0.39 is 23.5 Å². The minimum absolute atomic E-state index is 0.0529. The fraction of sp³-hybridized carbons (Fsp3) is 0.448. The van der Waals surface area contributed by atoms with Crippen molar-refractivity contribution >= 4 is 29.3 Å². The first-order valence-corrected chi connectivity index (χ1v) is 13.3. The second-order valence-electron chi connectivity index (χ2n) is 10.5. The molecule has 38 heavy (non-hydrogen) atoms. The van der Waals surface area contributed by atoms with Crippen molar-refractivity contribution in [1.29, 1.82) is 0 Å². The third-order valence-electron chi connectivity index (χ3n) is 7.15. The van der Waals surface area contributed by atoms with Crippen molar-refractivity contribution in [1.82, 2.24) is 20.9 Å². The van der Waals surface area contributed by atoms with Gasteiger partial charge in [0.1, 0.15) is 17.6 Å². The molecule has 9 nitrogen and oxygen atoms in total. The third-order valence-corrected chi connectivity index (χ3v) is 7.15.